The largest absolute Gasteiger partial charge is 0.403 e. The summed E-state index contributed by atoms with van der Waals surface area (Å²) in [6, 6.07) is 1.97. The van der Waals surface area contributed by atoms with Crippen molar-refractivity contribution in [2.75, 3.05) is 29.6 Å². The molecule has 1 aromatic rings. The van der Waals surface area contributed by atoms with Crippen molar-refractivity contribution in [2.24, 2.45) is 16.6 Å². The zero-order valence-electron chi connectivity index (χ0n) is 12.8. The summed E-state index contributed by atoms with van der Waals surface area (Å²) in [4.78, 5) is 6.35. The van der Waals surface area contributed by atoms with Gasteiger partial charge in [-0.25, -0.2) is 0 Å². The van der Waals surface area contributed by atoms with Crippen molar-refractivity contribution in [1.29, 1.82) is 0 Å². The molecule has 1 aliphatic heterocycles. The van der Waals surface area contributed by atoms with Crippen LogP contribution >= 0.6 is 11.3 Å². The van der Waals surface area contributed by atoms with Crippen LogP contribution in [0.5, 0.6) is 0 Å². The van der Waals surface area contributed by atoms with Gasteiger partial charge in [0.05, 0.1) is 27.2 Å². The van der Waals surface area contributed by atoms with E-state index in [1.165, 1.54) is 0 Å². The van der Waals surface area contributed by atoms with Crippen molar-refractivity contribution >= 4 is 38.7 Å². The monoisotopic (exact) mass is 326 g/mol. The maximum absolute atomic E-state index is 12.4. The van der Waals surface area contributed by atoms with Gasteiger partial charge in [-0.15, -0.1) is 11.3 Å². The van der Waals surface area contributed by atoms with Gasteiger partial charge in [0.15, 0.2) is 0 Å². The molecule has 0 amide bonds. The topological polar surface area (TPSA) is 70.7 Å². The van der Waals surface area contributed by atoms with E-state index < -0.39 is 10.8 Å². The van der Waals surface area contributed by atoms with Gasteiger partial charge in [-0.1, -0.05) is 13.8 Å². The Bertz CT molecular complexity index is 604. The molecule has 21 heavy (non-hydrogen) atoms. The lowest BCUT2D eigenvalue weighted by Gasteiger charge is -2.30. The van der Waals surface area contributed by atoms with Crippen LogP contribution in [0.1, 0.15) is 20.8 Å². The van der Waals surface area contributed by atoms with Gasteiger partial charge in [0.25, 0.3) is 0 Å². The van der Waals surface area contributed by atoms with Crippen LogP contribution in [0.4, 0.5) is 10.7 Å². The highest BCUT2D eigenvalue weighted by Crippen LogP contribution is 2.41. The molecule has 3 N–H and O–H groups in total. The number of hydrogen-bond donors (Lipinski definition) is 2. The SMILES string of the molecule is CN=C1CN(/C(C)=C\N)c2sc(S(=O)CC(C)C)cc2N1. The number of rotatable bonds is 4. The summed E-state index contributed by atoms with van der Waals surface area (Å²) in [5.74, 6) is 1.97. The maximum Gasteiger partial charge on any atom is 0.121 e. The Labute approximate surface area is 132 Å². The molecule has 7 heteroatoms. The summed E-state index contributed by atoms with van der Waals surface area (Å²) >= 11 is 1.56. The summed E-state index contributed by atoms with van der Waals surface area (Å²) in [5.41, 5.74) is 7.58. The average Bonchev–Trinajstić information content (AvgIpc) is 2.88. The van der Waals surface area contributed by atoms with E-state index in [4.69, 9.17) is 5.73 Å². The van der Waals surface area contributed by atoms with Crippen molar-refractivity contribution in [3.05, 3.63) is 18.0 Å². The third kappa shape index (κ3) is 3.47. The van der Waals surface area contributed by atoms with E-state index in [1.807, 2.05) is 13.0 Å². The summed E-state index contributed by atoms with van der Waals surface area (Å²) in [7, 11) is 0.801. The molecule has 5 nitrogen and oxygen atoms in total. The second-order valence-electron chi connectivity index (χ2n) is 5.38. The standard InChI is InChI=1S/C14H22N4OS2/c1-9(2)8-21(19)13-5-11-14(20-13)18(10(3)6-15)7-12(16-4)17-11/h5-6,9H,7-8,15H2,1-4H3,(H,16,17)/b10-6-. The molecule has 0 aliphatic carbocycles. The lowest BCUT2D eigenvalue weighted by molar-refractivity contribution is 0.666. The Morgan fingerprint density at radius 1 is 1.67 bits per heavy atom. The minimum atomic E-state index is -0.960. The quantitative estimate of drug-likeness (QED) is 0.892. The predicted octanol–water partition coefficient (Wildman–Crippen LogP) is 2.59. The highest BCUT2D eigenvalue weighted by Gasteiger charge is 2.26. The summed E-state index contributed by atoms with van der Waals surface area (Å²) in [6.45, 7) is 6.78. The number of thiophene rings is 1. The highest BCUT2D eigenvalue weighted by atomic mass is 32.2. The molecule has 1 aliphatic rings. The van der Waals surface area contributed by atoms with Crippen LogP contribution in [-0.4, -0.2) is 29.4 Å². The molecular weight excluding hydrogens is 304 g/mol. The zero-order valence-corrected chi connectivity index (χ0v) is 14.5. The van der Waals surface area contributed by atoms with Gasteiger partial charge in [0.2, 0.25) is 0 Å². The zero-order chi connectivity index (χ0) is 15.6. The Hall–Kier alpha value is -1.34. The molecule has 0 fully saturated rings. The Morgan fingerprint density at radius 2 is 2.38 bits per heavy atom. The first-order valence-electron chi connectivity index (χ1n) is 6.87. The first-order valence-corrected chi connectivity index (χ1v) is 9.00. The fraction of sp³-hybridized carbons (Fsp3) is 0.500. The van der Waals surface area contributed by atoms with E-state index in [-0.39, 0.29) is 0 Å². The number of allylic oxidation sites excluding steroid dienone is 1. The number of hydrogen-bond acceptors (Lipinski definition) is 5. The minimum Gasteiger partial charge on any atom is -0.403 e. The second-order valence-corrected chi connectivity index (χ2v) is 8.13. The van der Waals surface area contributed by atoms with Gasteiger partial charge in [0, 0.05) is 24.7 Å². The molecule has 2 heterocycles. The first-order chi connectivity index (χ1) is 9.96. The van der Waals surface area contributed by atoms with E-state index in [9.17, 15) is 4.21 Å². The van der Waals surface area contributed by atoms with Crippen LogP contribution in [0.2, 0.25) is 0 Å². The molecule has 1 atom stereocenters. The Kier molecular flexibility index (Phi) is 5.05. The second kappa shape index (κ2) is 6.62. The van der Waals surface area contributed by atoms with Gasteiger partial charge >= 0.3 is 0 Å². The molecule has 0 radical (unpaired) electrons. The summed E-state index contributed by atoms with van der Waals surface area (Å²) in [5, 5.41) is 4.35. The molecule has 116 valence electrons. The molecule has 1 aromatic heterocycles. The predicted molar refractivity (Wildman–Crippen MR) is 92.7 cm³/mol. The Morgan fingerprint density at radius 3 is 2.95 bits per heavy atom. The van der Waals surface area contributed by atoms with E-state index in [0.29, 0.717) is 18.2 Å². The minimum absolute atomic E-state index is 0.410. The van der Waals surface area contributed by atoms with Gasteiger partial charge < -0.3 is 16.0 Å². The number of nitrogens with zero attached hydrogens (tertiary/aromatic N) is 2. The third-order valence-corrected chi connectivity index (χ3v) is 6.46. The van der Waals surface area contributed by atoms with Crippen molar-refractivity contribution < 1.29 is 4.21 Å². The molecule has 0 spiro atoms. The van der Waals surface area contributed by atoms with Crippen LogP contribution in [0.15, 0.2) is 27.2 Å². The number of aliphatic imine (C=N–C) groups is 1. The third-order valence-electron chi connectivity index (χ3n) is 3.17. The molecule has 0 saturated heterocycles. The van der Waals surface area contributed by atoms with E-state index in [1.54, 1.807) is 24.6 Å². The van der Waals surface area contributed by atoms with Crippen LogP contribution < -0.4 is 16.0 Å². The lowest BCUT2D eigenvalue weighted by Crippen LogP contribution is -2.36. The Balaban J connectivity index is 2.38. The van der Waals surface area contributed by atoms with Gasteiger partial charge in [0.1, 0.15) is 10.8 Å². The van der Waals surface area contributed by atoms with Gasteiger partial charge in [-0.3, -0.25) is 9.20 Å². The first kappa shape index (κ1) is 16.0. The number of anilines is 2. The van der Waals surface area contributed by atoms with E-state index in [0.717, 1.165) is 26.4 Å². The number of fused-ring (bicyclic) bond motifs is 1. The average molecular weight is 326 g/mol. The van der Waals surface area contributed by atoms with Gasteiger partial charge in [-0.2, -0.15) is 0 Å². The van der Waals surface area contributed by atoms with E-state index in [2.05, 4.69) is 29.1 Å². The highest BCUT2D eigenvalue weighted by molar-refractivity contribution is 7.87. The van der Waals surface area contributed by atoms with Crippen LogP contribution in [0, 0.1) is 5.92 Å². The van der Waals surface area contributed by atoms with E-state index >= 15 is 0 Å². The molecular formula is C14H22N4OS2. The number of nitrogens with two attached hydrogens (primary N) is 1. The lowest BCUT2D eigenvalue weighted by atomic mass is 10.3. The molecule has 1 unspecified atom stereocenters. The molecule has 0 saturated carbocycles. The fourth-order valence-electron chi connectivity index (χ4n) is 2.06. The van der Waals surface area contributed by atoms with Crippen LogP contribution in [0.25, 0.3) is 0 Å². The normalized spacial score (nSPS) is 18.8. The molecule has 2 rings (SSSR count). The molecule has 0 bridgehead atoms. The van der Waals surface area contributed by atoms with Crippen molar-refractivity contribution in [3.8, 4) is 0 Å². The summed E-state index contributed by atoms with van der Waals surface area (Å²) in [6.07, 6.45) is 1.59. The van der Waals surface area contributed by atoms with Crippen molar-refractivity contribution in [1.82, 2.24) is 0 Å². The van der Waals surface area contributed by atoms with Crippen LogP contribution in [-0.2, 0) is 10.8 Å². The van der Waals surface area contributed by atoms with Crippen molar-refractivity contribution in [2.45, 2.75) is 25.0 Å². The molecule has 0 aromatic carbocycles. The smallest absolute Gasteiger partial charge is 0.121 e. The summed E-state index contributed by atoms with van der Waals surface area (Å²) < 4.78 is 13.3. The number of amidine groups is 1. The fourth-order valence-corrected chi connectivity index (χ4v) is 4.80. The van der Waals surface area contributed by atoms with Crippen LogP contribution in [0.3, 0.4) is 0 Å². The maximum atomic E-state index is 12.4. The van der Waals surface area contributed by atoms with Crippen molar-refractivity contribution in [3.63, 3.8) is 0 Å². The van der Waals surface area contributed by atoms with Gasteiger partial charge in [-0.05, 0) is 18.9 Å². The number of nitrogens with one attached hydrogen (secondary N) is 1.